The minimum atomic E-state index is -2.11. The predicted octanol–water partition coefficient (Wildman–Crippen LogP) is 3.36. The highest BCUT2D eigenvalue weighted by Crippen LogP contribution is 2.37. The van der Waals surface area contributed by atoms with Crippen LogP contribution in [0.4, 0.5) is 4.79 Å². The summed E-state index contributed by atoms with van der Waals surface area (Å²) in [5.74, 6) is -0.451. The monoisotopic (exact) mass is 494 g/mol. The van der Waals surface area contributed by atoms with E-state index in [1.54, 1.807) is 48.5 Å². The third kappa shape index (κ3) is 5.90. The van der Waals surface area contributed by atoms with E-state index in [2.05, 4.69) is 5.32 Å². The van der Waals surface area contributed by atoms with Crippen LogP contribution in [0.3, 0.4) is 0 Å². The van der Waals surface area contributed by atoms with Gasteiger partial charge in [-0.15, -0.1) is 0 Å². The van der Waals surface area contributed by atoms with Crippen molar-refractivity contribution >= 4 is 12.1 Å². The number of hydrogen-bond donors (Lipinski definition) is 1. The molecule has 7 nitrogen and oxygen atoms in total. The first-order valence-electron chi connectivity index (χ1n) is 13.0. The first-order chi connectivity index (χ1) is 17.1. The molecule has 3 aliphatic rings. The molecule has 0 spiro atoms. The summed E-state index contributed by atoms with van der Waals surface area (Å²) in [5, 5.41) is 17.0. The lowest BCUT2D eigenvalue weighted by Crippen LogP contribution is -2.65. The maximum absolute atomic E-state index is 14.2. The molecule has 7 heteroatoms. The highest BCUT2D eigenvalue weighted by Gasteiger charge is 2.48. The van der Waals surface area contributed by atoms with Gasteiger partial charge in [0.15, 0.2) is 6.10 Å². The molecular formula is C29H38N2O5. The van der Waals surface area contributed by atoms with Crippen molar-refractivity contribution in [1.82, 2.24) is 5.32 Å². The van der Waals surface area contributed by atoms with Gasteiger partial charge in [-0.2, -0.15) is 0 Å². The van der Waals surface area contributed by atoms with Gasteiger partial charge in [0.25, 0.3) is 0 Å². The summed E-state index contributed by atoms with van der Waals surface area (Å²) < 4.78 is 12.2. The number of piperidine rings is 3. The van der Waals surface area contributed by atoms with E-state index in [4.69, 9.17) is 9.47 Å². The fourth-order valence-corrected chi connectivity index (χ4v) is 5.56. The van der Waals surface area contributed by atoms with Gasteiger partial charge < -0.3 is 24.4 Å². The van der Waals surface area contributed by atoms with E-state index in [0.29, 0.717) is 24.2 Å². The average Bonchev–Trinajstić information content (AvgIpc) is 2.87. The topological polar surface area (TPSA) is 87.7 Å². The Kier molecular flexibility index (Phi) is 7.71. The van der Waals surface area contributed by atoms with E-state index in [9.17, 15) is 14.7 Å². The third-order valence-corrected chi connectivity index (χ3v) is 7.43. The van der Waals surface area contributed by atoms with E-state index in [1.807, 2.05) is 32.9 Å². The first-order valence-corrected chi connectivity index (χ1v) is 13.0. The van der Waals surface area contributed by atoms with Gasteiger partial charge in [-0.25, -0.2) is 4.79 Å². The number of quaternary nitrogens is 1. The van der Waals surface area contributed by atoms with Gasteiger partial charge in [0.2, 0.25) is 0 Å². The van der Waals surface area contributed by atoms with Crippen LogP contribution in [0.1, 0.15) is 51.2 Å². The van der Waals surface area contributed by atoms with Gasteiger partial charge in [0.05, 0.1) is 19.6 Å². The fourth-order valence-electron chi connectivity index (χ4n) is 5.56. The van der Waals surface area contributed by atoms with Gasteiger partial charge in [0.1, 0.15) is 12.1 Å². The maximum atomic E-state index is 14.2. The summed E-state index contributed by atoms with van der Waals surface area (Å²) in [7, 11) is 0. The number of carbonyl (C=O) groups excluding carboxylic acids is 2. The van der Waals surface area contributed by atoms with Gasteiger partial charge in [-0.3, -0.25) is 4.79 Å². The number of hydrogen-bond acceptors (Lipinski definition) is 5. The number of benzene rings is 2. The number of alkyl carbamates (subject to hydrolysis) is 1. The lowest BCUT2D eigenvalue weighted by atomic mass is 9.82. The van der Waals surface area contributed by atoms with Crippen molar-refractivity contribution in [3.63, 3.8) is 0 Å². The number of esters is 1. The van der Waals surface area contributed by atoms with Crippen molar-refractivity contribution in [1.29, 1.82) is 0 Å². The van der Waals surface area contributed by atoms with E-state index in [0.717, 1.165) is 43.4 Å². The highest BCUT2D eigenvalue weighted by atomic mass is 16.6. The van der Waals surface area contributed by atoms with E-state index >= 15 is 0 Å². The molecule has 2 aromatic rings. The second-order valence-corrected chi connectivity index (χ2v) is 11.2. The zero-order chi connectivity index (χ0) is 25.8. The lowest BCUT2D eigenvalue weighted by molar-refractivity contribution is -0.946. The number of nitrogens with zero attached hydrogens (tertiary/aromatic N) is 1. The molecule has 1 N–H and O–H groups in total. The molecule has 0 aromatic heterocycles. The number of amides is 1. The van der Waals surface area contributed by atoms with Crippen molar-refractivity contribution in [2.24, 2.45) is 5.92 Å². The Labute approximate surface area is 214 Å². The van der Waals surface area contributed by atoms with Gasteiger partial charge in [-0.05, 0) is 31.9 Å². The van der Waals surface area contributed by atoms with Crippen LogP contribution in [0.15, 0.2) is 60.7 Å². The van der Waals surface area contributed by atoms with Crippen molar-refractivity contribution in [2.45, 2.75) is 57.3 Å². The number of fused-ring (bicyclic) bond motifs is 3. The van der Waals surface area contributed by atoms with Crippen LogP contribution in [-0.2, 0) is 19.9 Å². The van der Waals surface area contributed by atoms with E-state index < -0.39 is 23.3 Å². The Morgan fingerprint density at radius 2 is 1.53 bits per heavy atom. The van der Waals surface area contributed by atoms with E-state index in [1.165, 1.54) is 0 Å². The zero-order valence-electron chi connectivity index (χ0n) is 21.6. The van der Waals surface area contributed by atoms with Crippen LogP contribution in [0.5, 0.6) is 0 Å². The van der Waals surface area contributed by atoms with Gasteiger partial charge in [0, 0.05) is 37.3 Å². The van der Waals surface area contributed by atoms with Crippen LogP contribution >= 0.6 is 0 Å². The summed E-state index contributed by atoms with van der Waals surface area (Å²) in [5.41, 5.74) is -1.86. The van der Waals surface area contributed by atoms with Crippen LogP contribution in [0, 0.1) is 5.92 Å². The summed E-state index contributed by atoms with van der Waals surface area (Å²) in [6.45, 7) is 9.73. The van der Waals surface area contributed by atoms with Crippen LogP contribution < -0.4 is 10.4 Å². The molecule has 5 rings (SSSR count). The number of nitrogens with one attached hydrogen (secondary N) is 1. The molecule has 1 amide bonds. The van der Waals surface area contributed by atoms with Crippen LogP contribution in [0.25, 0.3) is 0 Å². The molecule has 1 atom stereocenters. The molecule has 3 fully saturated rings. The van der Waals surface area contributed by atoms with Crippen molar-refractivity contribution in [3.8, 4) is 0 Å². The molecule has 3 aliphatic heterocycles. The molecule has 3 heterocycles. The summed E-state index contributed by atoms with van der Waals surface area (Å²) in [6.07, 6.45) is 2.07. The molecule has 2 bridgehead atoms. The minimum absolute atomic E-state index is 0.278. The van der Waals surface area contributed by atoms with Crippen molar-refractivity contribution < 1.29 is 28.7 Å². The lowest BCUT2D eigenvalue weighted by Gasteiger charge is -2.53. The summed E-state index contributed by atoms with van der Waals surface area (Å²) in [6, 6.07) is 17.6. The van der Waals surface area contributed by atoms with Crippen molar-refractivity contribution in [3.05, 3.63) is 71.8 Å². The maximum Gasteiger partial charge on any atom is 0.407 e. The normalized spacial score (nSPS) is 23.7. The standard InChI is InChI=1S/C29H38N2O5/c1-28(2,3)36-27(33)30-17-10-18-31-19-15-22(16-20-31)25(21-31)35-26(32)29(34,23-11-6-4-7-12-23)24-13-8-5-9-14-24/h4-9,11-14,22,25H,10,15-21H2,1-3H3,(H,30,33). The number of carbonyl (C=O) groups is 2. The minimum Gasteiger partial charge on any atom is -0.834 e. The summed E-state index contributed by atoms with van der Waals surface area (Å²) in [4.78, 5) is 25.5. The highest BCUT2D eigenvalue weighted by molar-refractivity contribution is 5.85. The summed E-state index contributed by atoms with van der Waals surface area (Å²) >= 11 is 0. The van der Waals surface area contributed by atoms with Crippen molar-refractivity contribution in [2.75, 3.05) is 32.7 Å². The Bertz CT molecular complexity index is 987. The third-order valence-electron chi connectivity index (χ3n) is 7.43. The molecule has 1 unspecified atom stereocenters. The number of ether oxygens (including phenoxy) is 2. The van der Waals surface area contributed by atoms with Crippen LogP contribution in [0.2, 0.25) is 0 Å². The Morgan fingerprint density at radius 1 is 0.972 bits per heavy atom. The Hall–Kier alpha value is -2.90. The Morgan fingerprint density at radius 3 is 2.06 bits per heavy atom. The average molecular weight is 495 g/mol. The van der Waals surface area contributed by atoms with Gasteiger partial charge in [-0.1, -0.05) is 60.7 Å². The molecule has 3 saturated heterocycles. The molecule has 2 aromatic carbocycles. The smallest absolute Gasteiger partial charge is 0.407 e. The fraction of sp³-hybridized carbons (Fsp3) is 0.517. The molecule has 36 heavy (non-hydrogen) atoms. The molecule has 0 radical (unpaired) electrons. The zero-order valence-corrected chi connectivity index (χ0v) is 21.6. The largest absolute Gasteiger partial charge is 0.834 e. The molecule has 0 aliphatic carbocycles. The number of rotatable bonds is 8. The molecular weight excluding hydrogens is 456 g/mol. The quantitative estimate of drug-likeness (QED) is 0.345. The Balaban J connectivity index is 1.41. The van der Waals surface area contributed by atoms with Crippen LogP contribution in [-0.4, -0.2) is 61.0 Å². The predicted molar refractivity (Wildman–Crippen MR) is 135 cm³/mol. The molecule has 194 valence electrons. The second kappa shape index (κ2) is 10.6. The SMILES string of the molecule is CC(C)(C)OC(=O)NCCC[N+]12CCC(CC1)C(OC(=O)C([O-])(c1ccccc1)c1ccccc1)C2. The molecule has 0 saturated carbocycles. The van der Waals surface area contributed by atoms with E-state index in [-0.39, 0.29) is 12.0 Å². The van der Waals surface area contributed by atoms with Gasteiger partial charge >= 0.3 is 12.1 Å². The first kappa shape index (κ1) is 26.2. The second-order valence-electron chi connectivity index (χ2n) is 11.2.